The molecule has 10 nitrogen and oxygen atoms in total. The summed E-state index contributed by atoms with van der Waals surface area (Å²) in [7, 11) is 0. The highest BCUT2D eigenvalue weighted by Crippen LogP contribution is 2.34. The third kappa shape index (κ3) is 3.84. The number of ether oxygens (including phenoxy) is 1. The van der Waals surface area contributed by atoms with Gasteiger partial charge in [0, 0.05) is 42.5 Å². The third-order valence-corrected chi connectivity index (χ3v) is 6.51. The second-order valence-corrected chi connectivity index (χ2v) is 8.79. The first kappa shape index (κ1) is 22.2. The molecule has 36 heavy (non-hydrogen) atoms. The van der Waals surface area contributed by atoms with Crippen molar-refractivity contribution in [3.8, 4) is 17.7 Å². The summed E-state index contributed by atoms with van der Waals surface area (Å²) in [6, 6.07) is 11.0. The molecule has 1 aliphatic carbocycles. The predicted molar refractivity (Wildman–Crippen MR) is 131 cm³/mol. The minimum absolute atomic E-state index is 0.0998. The first-order valence-electron chi connectivity index (χ1n) is 11.7. The van der Waals surface area contributed by atoms with E-state index in [0.29, 0.717) is 66.4 Å². The lowest BCUT2D eigenvalue weighted by atomic mass is 10.0. The van der Waals surface area contributed by atoms with E-state index in [1.807, 2.05) is 30.3 Å². The second kappa shape index (κ2) is 8.71. The Bertz CT molecular complexity index is 1550. The Hall–Kier alpha value is -4.33. The highest BCUT2D eigenvalue weighted by molar-refractivity contribution is 6.05. The number of morpholine rings is 1. The van der Waals surface area contributed by atoms with Crippen molar-refractivity contribution in [2.75, 3.05) is 32.0 Å². The Morgan fingerprint density at radius 3 is 2.83 bits per heavy atom. The second-order valence-electron chi connectivity index (χ2n) is 8.79. The molecule has 1 aliphatic heterocycles. The van der Waals surface area contributed by atoms with Crippen LogP contribution < -0.4 is 5.73 Å². The number of hydrogen-bond donors (Lipinski definition) is 2. The number of nitrogens with two attached hydrogens (primary N) is 1. The molecule has 3 N–H and O–H groups in total. The maximum Gasteiger partial charge on any atom is 0.275 e. The Morgan fingerprint density at radius 2 is 2.00 bits per heavy atom. The fourth-order valence-corrected chi connectivity index (χ4v) is 4.67. The smallest absolute Gasteiger partial charge is 0.275 e. The Morgan fingerprint density at radius 1 is 1.14 bits per heavy atom. The number of carbonyl (C=O) groups is 1. The van der Waals surface area contributed by atoms with E-state index in [2.05, 4.69) is 31.9 Å². The van der Waals surface area contributed by atoms with Crippen LogP contribution in [-0.4, -0.2) is 66.9 Å². The van der Waals surface area contributed by atoms with E-state index in [9.17, 15) is 9.90 Å². The van der Waals surface area contributed by atoms with Crippen LogP contribution in [0.3, 0.4) is 0 Å². The van der Waals surface area contributed by atoms with Crippen molar-refractivity contribution in [2.24, 2.45) is 0 Å². The summed E-state index contributed by atoms with van der Waals surface area (Å²) < 4.78 is 6.96. The molecule has 1 unspecified atom stereocenters. The van der Waals surface area contributed by atoms with E-state index in [1.165, 1.54) is 0 Å². The van der Waals surface area contributed by atoms with E-state index in [4.69, 9.17) is 10.5 Å². The summed E-state index contributed by atoms with van der Waals surface area (Å²) in [5.74, 6) is 6.49. The molecule has 0 saturated carbocycles. The largest absolute Gasteiger partial charge is 0.378 e. The fraction of sp³-hybridized carbons (Fsp3) is 0.269. The molecule has 1 aromatic carbocycles. The summed E-state index contributed by atoms with van der Waals surface area (Å²) in [4.78, 5) is 27.7. The van der Waals surface area contributed by atoms with Crippen molar-refractivity contribution in [2.45, 2.75) is 18.4 Å². The van der Waals surface area contributed by atoms with Crippen LogP contribution in [0.15, 0.2) is 48.8 Å². The minimum Gasteiger partial charge on any atom is -0.378 e. The van der Waals surface area contributed by atoms with E-state index in [0.717, 1.165) is 12.0 Å². The summed E-state index contributed by atoms with van der Waals surface area (Å²) in [5, 5.41) is 16.5. The van der Waals surface area contributed by atoms with E-state index in [-0.39, 0.29) is 11.9 Å². The van der Waals surface area contributed by atoms with Gasteiger partial charge in [-0.2, -0.15) is 10.1 Å². The molecule has 0 bridgehead atoms. The van der Waals surface area contributed by atoms with Gasteiger partial charge in [0.15, 0.2) is 17.1 Å². The monoisotopic (exact) mass is 481 g/mol. The lowest BCUT2D eigenvalue weighted by Gasteiger charge is -2.26. The number of carbonyl (C=O) groups excluding carboxylic acids is 1. The van der Waals surface area contributed by atoms with Crippen LogP contribution in [0.25, 0.3) is 16.7 Å². The van der Waals surface area contributed by atoms with Crippen LogP contribution in [0.2, 0.25) is 0 Å². The number of pyridine rings is 1. The van der Waals surface area contributed by atoms with Crippen LogP contribution in [0.1, 0.15) is 33.7 Å². The maximum absolute atomic E-state index is 13.3. The molecule has 1 saturated heterocycles. The maximum atomic E-state index is 13.3. The number of nitrogen functional groups attached to an aromatic ring is 1. The molecular formula is C26H23N7O3. The number of nitrogens with zero attached hydrogens (tertiary/aromatic N) is 6. The zero-order chi connectivity index (χ0) is 24.7. The number of amides is 1. The van der Waals surface area contributed by atoms with E-state index in [1.54, 1.807) is 28.0 Å². The summed E-state index contributed by atoms with van der Waals surface area (Å²) >= 11 is 0. The summed E-state index contributed by atoms with van der Waals surface area (Å²) in [6.45, 7) is 2.00. The van der Waals surface area contributed by atoms with Gasteiger partial charge < -0.3 is 20.5 Å². The normalized spacial score (nSPS) is 19.1. The molecule has 4 heterocycles. The first-order chi connectivity index (χ1) is 17.5. The summed E-state index contributed by atoms with van der Waals surface area (Å²) in [6.07, 6.45) is 4.42. The standard InChI is InChI=1S/C26H23N7O3/c27-25-29-11-7-21(30-25)33-20-16-17(5-8-26(35)9-6-18-2-1-10-28-23(18)26)3-4-19(20)22(31-33)24(34)32-12-14-36-15-13-32/h1-4,7,10-11,16,35H,6,9,12-15H2,(H2,27,29,30). The Labute approximate surface area is 206 Å². The van der Waals surface area contributed by atoms with Crippen LogP contribution in [0, 0.1) is 11.8 Å². The number of benzene rings is 1. The van der Waals surface area contributed by atoms with Gasteiger partial charge in [0.05, 0.1) is 24.4 Å². The molecule has 4 aromatic rings. The molecule has 1 fully saturated rings. The molecule has 180 valence electrons. The van der Waals surface area contributed by atoms with Gasteiger partial charge in [0.25, 0.3) is 5.91 Å². The van der Waals surface area contributed by atoms with Gasteiger partial charge in [-0.1, -0.05) is 17.9 Å². The van der Waals surface area contributed by atoms with E-state index < -0.39 is 5.60 Å². The lowest BCUT2D eigenvalue weighted by Crippen LogP contribution is -2.41. The number of fused-ring (bicyclic) bond motifs is 2. The molecular weight excluding hydrogens is 458 g/mol. The molecule has 10 heteroatoms. The average molecular weight is 482 g/mol. The quantitative estimate of drug-likeness (QED) is 0.411. The molecule has 2 aliphatic rings. The van der Waals surface area contributed by atoms with Gasteiger partial charge in [-0.3, -0.25) is 9.78 Å². The van der Waals surface area contributed by atoms with Crippen LogP contribution in [-0.2, 0) is 16.8 Å². The number of aliphatic hydroxyl groups is 1. The van der Waals surface area contributed by atoms with Gasteiger partial charge in [0.2, 0.25) is 5.95 Å². The van der Waals surface area contributed by atoms with Gasteiger partial charge in [-0.15, -0.1) is 0 Å². The molecule has 6 rings (SSSR count). The highest BCUT2D eigenvalue weighted by atomic mass is 16.5. The van der Waals surface area contributed by atoms with E-state index >= 15 is 0 Å². The highest BCUT2D eigenvalue weighted by Gasteiger charge is 2.36. The topological polar surface area (TPSA) is 132 Å². The van der Waals surface area contributed by atoms with Gasteiger partial charge >= 0.3 is 0 Å². The minimum atomic E-state index is -1.30. The number of rotatable bonds is 2. The average Bonchev–Trinajstić information content (AvgIpc) is 3.46. The van der Waals surface area contributed by atoms with Crippen LogP contribution >= 0.6 is 0 Å². The zero-order valence-corrected chi connectivity index (χ0v) is 19.4. The first-order valence-corrected chi connectivity index (χ1v) is 11.7. The van der Waals surface area contributed by atoms with Crippen molar-refractivity contribution in [3.05, 3.63) is 71.3 Å². The van der Waals surface area contributed by atoms with Crippen molar-refractivity contribution in [1.82, 2.24) is 29.6 Å². The molecule has 0 radical (unpaired) electrons. The van der Waals surface area contributed by atoms with Crippen molar-refractivity contribution in [1.29, 1.82) is 0 Å². The number of hydrogen-bond acceptors (Lipinski definition) is 8. The molecule has 3 aromatic heterocycles. The SMILES string of the molecule is Nc1nccc(-n2nc(C(=O)N3CCOCC3)c3ccc(C#CC4(O)CCc5cccnc54)cc32)n1. The van der Waals surface area contributed by atoms with Crippen LogP contribution in [0.4, 0.5) is 5.95 Å². The summed E-state index contributed by atoms with van der Waals surface area (Å²) in [5.41, 5.74) is 7.76. The van der Waals surface area contributed by atoms with Gasteiger partial charge in [0.1, 0.15) is 0 Å². The Balaban J connectivity index is 1.44. The van der Waals surface area contributed by atoms with Crippen molar-refractivity contribution in [3.63, 3.8) is 0 Å². The van der Waals surface area contributed by atoms with Crippen LogP contribution in [0.5, 0.6) is 0 Å². The zero-order valence-electron chi connectivity index (χ0n) is 19.4. The van der Waals surface area contributed by atoms with Crippen molar-refractivity contribution < 1.29 is 14.6 Å². The number of aryl methyl sites for hydroxylation is 1. The fourth-order valence-electron chi connectivity index (χ4n) is 4.67. The Kier molecular flexibility index (Phi) is 5.36. The number of anilines is 1. The molecule has 0 spiro atoms. The van der Waals surface area contributed by atoms with Crippen molar-refractivity contribution >= 4 is 22.8 Å². The molecule has 1 amide bonds. The predicted octanol–water partition coefficient (Wildman–Crippen LogP) is 1.45. The molecule has 1 atom stereocenters. The van der Waals surface area contributed by atoms with Gasteiger partial charge in [-0.05, 0) is 42.7 Å². The lowest BCUT2D eigenvalue weighted by molar-refractivity contribution is 0.0300. The third-order valence-electron chi connectivity index (χ3n) is 6.51. The van der Waals surface area contributed by atoms with Gasteiger partial charge in [-0.25, -0.2) is 9.67 Å². The number of aromatic nitrogens is 5.